The predicted molar refractivity (Wildman–Crippen MR) is 142 cm³/mol. The Morgan fingerprint density at radius 3 is 2.43 bits per heavy atom. The van der Waals surface area contributed by atoms with Crippen molar-refractivity contribution >= 4 is 17.5 Å². The molecule has 5 aliphatic rings. The summed E-state index contributed by atoms with van der Waals surface area (Å²) in [5.74, 6) is 0.158. The van der Waals surface area contributed by atoms with Crippen LogP contribution in [0.25, 0.3) is 0 Å². The highest BCUT2D eigenvalue weighted by Gasteiger charge is 2.81. The molecule has 1 N–H and O–H groups in total. The molecule has 204 valence electrons. The van der Waals surface area contributed by atoms with E-state index in [9.17, 15) is 19.5 Å². The minimum Gasteiger partial charge on any atom is -0.462 e. The van der Waals surface area contributed by atoms with E-state index in [2.05, 4.69) is 33.4 Å². The second kappa shape index (κ2) is 8.37. The number of carbonyl (C=O) groups excluding carboxylic acids is 3. The van der Waals surface area contributed by atoms with Crippen LogP contribution in [0.5, 0.6) is 0 Å². The van der Waals surface area contributed by atoms with Crippen LogP contribution in [0.2, 0.25) is 0 Å². The molecule has 11 atom stereocenters. The fourth-order valence-corrected chi connectivity index (χ4v) is 10.6. The Balaban J connectivity index is 1.52. The van der Waals surface area contributed by atoms with E-state index < -0.39 is 6.10 Å². The van der Waals surface area contributed by atoms with Gasteiger partial charge in [-0.2, -0.15) is 0 Å². The van der Waals surface area contributed by atoms with Gasteiger partial charge in [0.05, 0.1) is 0 Å². The first-order chi connectivity index (χ1) is 17.2. The second-order valence-corrected chi connectivity index (χ2v) is 14.2. The van der Waals surface area contributed by atoms with Crippen LogP contribution < -0.4 is 0 Å². The van der Waals surface area contributed by atoms with Gasteiger partial charge >= 0.3 is 5.97 Å². The fourth-order valence-electron chi connectivity index (χ4n) is 10.6. The third-order valence-electron chi connectivity index (χ3n) is 12.7. The summed E-state index contributed by atoms with van der Waals surface area (Å²) < 4.78 is 6.03. The number of ketones is 2. The summed E-state index contributed by atoms with van der Waals surface area (Å²) in [5.41, 5.74) is 0.505. The van der Waals surface area contributed by atoms with Gasteiger partial charge in [-0.25, -0.2) is 0 Å². The summed E-state index contributed by atoms with van der Waals surface area (Å²) in [5, 5.41) is 11.3. The van der Waals surface area contributed by atoms with E-state index in [1.807, 2.05) is 26.8 Å². The van der Waals surface area contributed by atoms with Crippen molar-refractivity contribution in [2.24, 2.45) is 57.2 Å². The molecule has 0 aliphatic heterocycles. The number of rotatable bonds is 6. The van der Waals surface area contributed by atoms with Crippen LogP contribution in [0.15, 0.2) is 24.3 Å². The summed E-state index contributed by atoms with van der Waals surface area (Å²) in [6.07, 6.45) is 8.76. The van der Waals surface area contributed by atoms with E-state index in [1.54, 1.807) is 0 Å². The Kier molecular flexibility index (Phi) is 6.07. The molecule has 2 spiro atoms. The van der Waals surface area contributed by atoms with E-state index >= 15 is 0 Å². The highest BCUT2D eigenvalue weighted by atomic mass is 16.5. The first-order valence-corrected chi connectivity index (χ1v) is 14.5. The van der Waals surface area contributed by atoms with Gasteiger partial charge < -0.3 is 9.84 Å². The van der Waals surface area contributed by atoms with E-state index in [0.29, 0.717) is 17.4 Å². The zero-order valence-corrected chi connectivity index (χ0v) is 23.8. The molecule has 0 aromatic rings. The molecule has 0 aromatic carbocycles. The Bertz CT molecular complexity index is 1070. The van der Waals surface area contributed by atoms with Gasteiger partial charge in [0, 0.05) is 18.8 Å². The average Bonchev–Trinajstić information content (AvgIpc) is 3.44. The van der Waals surface area contributed by atoms with Crippen molar-refractivity contribution in [1.82, 2.24) is 0 Å². The normalized spacial score (nSPS) is 47.3. The van der Waals surface area contributed by atoms with Gasteiger partial charge in [0.1, 0.15) is 12.2 Å². The topological polar surface area (TPSA) is 80.7 Å². The molecule has 0 unspecified atom stereocenters. The maximum atomic E-state index is 13.2. The second-order valence-electron chi connectivity index (χ2n) is 14.2. The minimum absolute atomic E-state index is 0.0309. The van der Waals surface area contributed by atoms with E-state index in [4.69, 9.17) is 4.74 Å². The lowest BCUT2D eigenvalue weighted by molar-refractivity contribution is -0.154. The van der Waals surface area contributed by atoms with Gasteiger partial charge in [0.15, 0.2) is 11.6 Å². The minimum atomic E-state index is -1.16. The van der Waals surface area contributed by atoms with Crippen LogP contribution in [-0.4, -0.2) is 34.9 Å². The van der Waals surface area contributed by atoms with Gasteiger partial charge in [-0.05, 0) is 95.5 Å². The Hall–Kier alpha value is -1.75. The number of aliphatic hydroxyl groups is 1. The molecule has 5 rings (SSSR count). The summed E-state index contributed by atoms with van der Waals surface area (Å²) in [7, 11) is 0. The number of hydrogen-bond acceptors (Lipinski definition) is 5. The molecule has 5 nitrogen and oxygen atoms in total. The summed E-state index contributed by atoms with van der Waals surface area (Å²) in [6.45, 7) is 18.1. The average molecular weight is 511 g/mol. The molecule has 4 fully saturated rings. The third-order valence-corrected chi connectivity index (χ3v) is 12.7. The smallest absolute Gasteiger partial charge is 0.302 e. The quantitative estimate of drug-likeness (QED) is 0.366. The van der Waals surface area contributed by atoms with Crippen molar-refractivity contribution in [2.45, 2.75) is 99.2 Å². The predicted octanol–water partition coefficient (Wildman–Crippen LogP) is 5.70. The van der Waals surface area contributed by atoms with Crippen molar-refractivity contribution in [3.05, 3.63) is 24.3 Å². The molecule has 5 aliphatic carbocycles. The summed E-state index contributed by atoms with van der Waals surface area (Å²) in [6, 6.07) is 0. The molecule has 0 heterocycles. The lowest BCUT2D eigenvalue weighted by Gasteiger charge is -2.61. The van der Waals surface area contributed by atoms with E-state index in [-0.39, 0.29) is 69.0 Å². The number of ether oxygens (including phenoxy) is 1. The van der Waals surface area contributed by atoms with Crippen LogP contribution in [0.4, 0.5) is 0 Å². The molecule has 0 aromatic heterocycles. The maximum absolute atomic E-state index is 13.2. The molecule has 0 amide bonds. The lowest BCUT2D eigenvalue weighted by atomic mass is 9.43. The summed E-state index contributed by atoms with van der Waals surface area (Å²) >= 11 is 0. The zero-order valence-electron chi connectivity index (χ0n) is 23.8. The number of hydrogen-bond donors (Lipinski definition) is 1. The van der Waals surface area contributed by atoms with Crippen LogP contribution in [0.3, 0.4) is 0 Å². The van der Waals surface area contributed by atoms with Crippen molar-refractivity contribution in [2.75, 3.05) is 0 Å². The third kappa shape index (κ3) is 3.34. The van der Waals surface area contributed by atoms with Crippen molar-refractivity contribution < 1.29 is 24.2 Å². The molecular formula is C32H46O5. The number of allylic oxidation sites excluding steroid dienone is 2. The van der Waals surface area contributed by atoms with Gasteiger partial charge in [-0.1, -0.05) is 54.2 Å². The molecule has 0 radical (unpaired) electrons. The fraction of sp³-hybridized carbons (Fsp3) is 0.781. The molecule has 5 heteroatoms. The van der Waals surface area contributed by atoms with Gasteiger partial charge in [-0.3, -0.25) is 14.4 Å². The monoisotopic (exact) mass is 510 g/mol. The number of Topliss-reactive ketones (excluding diaryl/α,β-unsaturated/α-hetero) is 1. The van der Waals surface area contributed by atoms with Crippen molar-refractivity contribution in [1.29, 1.82) is 0 Å². The lowest BCUT2D eigenvalue weighted by Crippen LogP contribution is -2.56. The standard InChI is InChI=1S/C32H46O5/c1-17(2)18(3)27(35)28(36)20(5)26-24(37-21(6)33)15-30(8)25-10-9-22-19(4)23(34)11-12-31(22)16-32(25,31)14-13-29(26,30)7/h11-12,17,19-20,22,24-26,28,36H,3,9-10,13-16H2,1-2,4-8H3/t19-,20-,22-,24-,25-,26-,28+,29+,30-,31+,32-/m0/s1. The molecule has 0 bridgehead atoms. The van der Waals surface area contributed by atoms with Gasteiger partial charge in [-0.15, -0.1) is 0 Å². The van der Waals surface area contributed by atoms with Crippen LogP contribution in [0.1, 0.15) is 87.0 Å². The van der Waals surface area contributed by atoms with Gasteiger partial charge in [0.2, 0.25) is 0 Å². The highest BCUT2D eigenvalue weighted by Crippen LogP contribution is 2.87. The number of fused-ring (bicyclic) bond motifs is 2. The van der Waals surface area contributed by atoms with Crippen molar-refractivity contribution in [3.63, 3.8) is 0 Å². The SMILES string of the molecule is C=C(C(=O)[C@H](O)[C@@H](C)[C@H]1[C@@H](OC(C)=O)C[C@@]2(C)[C@@H]3CC[C@H]4[C@H](C)C(=O)C=C[C@@]45C[C@@]35CC[C@]12C)C(C)C. The first kappa shape index (κ1) is 26.8. The zero-order chi connectivity index (χ0) is 27.3. The van der Waals surface area contributed by atoms with E-state index in [1.165, 1.54) is 6.92 Å². The van der Waals surface area contributed by atoms with Crippen LogP contribution in [0, 0.1) is 57.2 Å². The molecule has 37 heavy (non-hydrogen) atoms. The van der Waals surface area contributed by atoms with E-state index in [0.717, 1.165) is 38.5 Å². The first-order valence-electron chi connectivity index (χ1n) is 14.5. The van der Waals surface area contributed by atoms with Gasteiger partial charge in [0.25, 0.3) is 0 Å². The number of carbonyl (C=O) groups is 3. The van der Waals surface area contributed by atoms with Crippen LogP contribution >= 0.6 is 0 Å². The summed E-state index contributed by atoms with van der Waals surface area (Å²) in [4.78, 5) is 38.0. The van der Waals surface area contributed by atoms with Crippen LogP contribution in [-0.2, 0) is 19.1 Å². The largest absolute Gasteiger partial charge is 0.462 e. The highest BCUT2D eigenvalue weighted by molar-refractivity contribution is 5.98. The Morgan fingerprint density at radius 1 is 1.14 bits per heavy atom. The number of esters is 1. The molecule has 4 saturated carbocycles. The Labute approximate surface area is 222 Å². The molecular weight excluding hydrogens is 464 g/mol. The maximum Gasteiger partial charge on any atom is 0.302 e. The Morgan fingerprint density at radius 2 is 1.81 bits per heavy atom. The molecule has 0 saturated heterocycles. The van der Waals surface area contributed by atoms with Crippen molar-refractivity contribution in [3.8, 4) is 0 Å². The number of aliphatic hydroxyl groups excluding tert-OH is 1.